The Kier molecular flexibility index (Phi) is 4.72. The molecule has 0 amide bonds. The Balaban J connectivity index is 2.47. The Morgan fingerprint density at radius 3 is 2.53 bits per heavy atom. The Hall–Kier alpha value is 0.610. The average molecular weight is 486 g/mol. The van der Waals surface area contributed by atoms with Crippen LogP contribution in [0.2, 0.25) is 0 Å². The Morgan fingerprint density at radius 2 is 1.94 bits per heavy atom. The van der Waals surface area contributed by atoms with Gasteiger partial charge in [-0.2, -0.15) is 0 Å². The lowest BCUT2D eigenvalue weighted by atomic mass is 10.0. The van der Waals surface area contributed by atoms with Crippen molar-refractivity contribution in [3.63, 3.8) is 0 Å². The fourth-order valence-electron chi connectivity index (χ4n) is 1.74. The molecule has 17 heavy (non-hydrogen) atoms. The van der Waals surface area contributed by atoms with Crippen LogP contribution in [-0.2, 0) is 0 Å². The molecule has 1 atom stereocenters. The quantitative estimate of drug-likeness (QED) is 0.350. The minimum atomic E-state index is 0.275. The highest BCUT2D eigenvalue weighted by Gasteiger charge is 2.18. The van der Waals surface area contributed by atoms with Crippen LogP contribution in [0, 0.1) is 17.4 Å². The summed E-state index contributed by atoms with van der Waals surface area (Å²) in [6.45, 7) is 4.32. The number of halogens is 3. The SMILES string of the molecule is Cc1cccc(C(Br)c2cc(Br)sc2C)c1I. The topological polar surface area (TPSA) is 0 Å². The standard InChI is InChI=1S/C13H11Br2IS/c1-7-4-3-5-9(13(7)16)12(15)10-6-11(14)17-8(10)2/h3-6,12H,1-2H3. The number of thiophene rings is 1. The maximum atomic E-state index is 3.82. The summed E-state index contributed by atoms with van der Waals surface area (Å²) in [7, 11) is 0. The summed E-state index contributed by atoms with van der Waals surface area (Å²) in [6.07, 6.45) is 0. The molecule has 0 radical (unpaired) electrons. The molecular formula is C13H11Br2IS. The van der Waals surface area contributed by atoms with E-state index in [-0.39, 0.29) is 4.83 Å². The van der Waals surface area contributed by atoms with Gasteiger partial charge in [0.15, 0.2) is 0 Å². The minimum absolute atomic E-state index is 0.275. The molecule has 0 bridgehead atoms. The van der Waals surface area contributed by atoms with E-state index in [4.69, 9.17) is 0 Å². The second-order valence-corrected chi connectivity index (χ2v) is 8.53. The van der Waals surface area contributed by atoms with Crippen molar-refractivity contribution >= 4 is 65.8 Å². The Bertz CT molecular complexity index is 548. The van der Waals surface area contributed by atoms with Gasteiger partial charge < -0.3 is 0 Å². The maximum absolute atomic E-state index is 3.82. The van der Waals surface area contributed by atoms with Gasteiger partial charge in [0.2, 0.25) is 0 Å². The molecule has 0 aliphatic heterocycles. The summed E-state index contributed by atoms with van der Waals surface area (Å²) in [5.74, 6) is 0. The highest BCUT2D eigenvalue weighted by molar-refractivity contribution is 14.1. The van der Waals surface area contributed by atoms with Crippen molar-refractivity contribution in [2.75, 3.05) is 0 Å². The summed E-state index contributed by atoms with van der Waals surface area (Å²) in [6, 6.07) is 8.68. The van der Waals surface area contributed by atoms with Crippen molar-refractivity contribution in [2.24, 2.45) is 0 Å². The van der Waals surface area contributed by atoms with Gasteiger partial charge >= 0.3 is 0 Å². The van der Waals surface area contributed by atoms with Crippen LogP contribution in [0.5, 0.6) is 0 Å². The van der Waals surface area contributed by atoms with Crippen LogP contribution in [0.3, 0.4) is 0 Å². The predicted octanol–water partition coefficient (Wildman–Crippen LogP) is 6.22. The molecule has 1 aromatic carbocycles. The van der Waals surface area contributed by atoms with Crippen molar-refractivity contribution in [2.45, 2.75) is 18.7 Å². The highest BCUT2D eigenvalue weighted by Crippen LogP contribution is 2.40. The summed E-state index contributed by atoms with van der Waals surface area (Å²) < 4.78 is 2.53. The number of hydrogen-bond donors (Lipinski definition) is 0. The third-order valence-electron chi connectivity index (χ3n) is 2.69. The largest absolute Gasteiger partial charge is 0.133 e. The van der Waals surface area contributed by atoms with Gasteiger partial charge in [-0.3, -0.25) is 0 Å². The molecule has 90 valence electrons. The number of benzene rings is 1. The van der Waals surface area contributed by atoms with E-state index in [2.05, 4.69) is 92.6 Å². The van der Waals surface area contributed by atoms with Gasteiger partial charge in [-0.25, -0.2) is 0 Å². The van der Waals surface area contributed by atoms with Crippen LogP contribution in [-0.4, -0.2) is 0 Å². The zero-order chi connectivity index (χ0) is 12.6. The third kappa shape index (κ3) is 2.96. The molecule has 1 unspecified atom stereocenters. The molecule has 1 heterocycles. The van der Waals surface area contributed by atoms with Gasteiger partial charge in [0.1, 0.15) is 0 Å². The van der Waals surface area contributed by atoms with Crippen molar-refractivity contribution in [3.05, 3.63) is 53.2 Å². The first-order chi connectivity index (χ1) is 8.00. The van der Waals surface area contributed by atoms with Crippen molar-refractivity contribution in [3.8, 4) is 0 Å². The molecule has 0 N–H and O–H groups in total. The van der Waals surface area contributed by atoms with Crippen LogP contribution in [0.25, 0.3) is 0 Å². The monoisotopic (exact) mass is 484 g/mol. The number of aryl methyl sites for hydroxylation is 2. The fourth-order valence-corrected chi connectivity index (χ4v) is 5.60. The van der Waals surface area contributed by atoms with E-state index in [1.807, 2.05) is 0 Å². The number of hydrogen-bond acceptors (Lipinski definition) is 1. The van der Waals surface area contributed by atoms with Crippen LogP contribution in [0.1, 0.15) is 26.4 Å². The molecule has 0 saturated carbocycles. The van der Waals surface area contributed by atoms with Crippen LogP contribution in [0.4, 0.5) is 0 Å². The zero-order valence-electron chi connectivity index (χ0n) is 9.43. The van der Waals surface area contributed by atoms with Crippen molar-refractivity contribution in [1.82, 2.24) is 0 Å². The van der Waals surface area contributed by atoms with Crippen LogP contribution in [0.15, 0.2) is 28.1 Å². The Labute approximate surface area is 136 Å². The lowest BCUT2D eigenvalue weighted by molar-refractivity contribution is 1.14. The van der Waals surface area contributed by atoms with E-state index in [9.17, 15) is 0 Å². The van der Waals surface area contributed by atoms with E-state index in [1.54, 1.807) is 11.3 Å². The number of alkyl halides is 1. The summed E-state index contributed by atoms with van der Waals surface area (Å²) in [5.41, 5.74) is 4.03. The van der Waals surface area contributed by atoms with Crippen LogP contribution < -0.4 is 0 Å². The molecule has 0 fully saturated rings. The molecule has 0 spiro atoms. The van der Waals surface area contributed by atoms with E-state index in [0.717, 1.165) is 0 Å². The fraction of sp³-hybridized carbons (Fsp3) is 0.231. The third-order valence-corrected chi connectivity index (χ3v) is 6.72. The first kappa shape index (κ1) is 14.0. The molecule has 0 aliphatic carbocycles. The molecule has 4 heteroatoms. The normalized spacial score (nSPS) is 12.8. The van der Waals surface area contributed by atoms with Gasteiger partial charge in [0, 0.05) is 8.45 Å². The predicted molar refractivity (Wildman–Crippen MR) is 91.4 cm³/mol. The average Bonchev–Trinajstić information content (AvgIpc) is 2.61. The van der Waals surface area contributed by atoms with E-state index >= 15 is 0 Å². The Morgan fingerprint density at radius 1 is 1.24 bits per heavy atom. The van der Waals surface area contributed by atoms with Gasteiger partial charge in [0.05, 0.1) is 8.61 Å². The molecular weight excluding hydrogens is 475 g/mol. The van der Waals surface area contributed by atoms with Gasteiger partial charge in [0.25, 0.3) is 0 Å². The smallest absolute Gasteiger partial charge is 0.0704 e. The number of rotatable bonds is 2. The second kappa shape index (κ2) is 5.72. The molecule has 2 aromatic rings. The van der Waals surface area contributed by atoms with Gasteiger partial charge in [-0.15, -0.1) is 11.3 Å². The van der Waals surface area contributed by atoms with Gasteiger partial charge in [-0.05, 0) is 75.1 Å². The molecule has 0 saturated heterocycles. The molecule has 0 nitrogen and oxygen atoms in total. The summed E-state index contributed by atoms with van der Waals surface area (Å²) in [5, 5.41) is 0. The van der Waals surface area contributed by atoms with E-state index in [1.165, 1.54) is 28.9 Å². The minimum Gasteiger partial charge on any atom is -0.133 e. The second-order valence-electron chi connectivity index (χ2n) is 3.90. The van der Waals surface area contributed by atoms with E-state index < -0.39 is 0 Å². The lowest BCUT2D eigenvalue weighted by Gasteiger charge is -2.13. The summed E-state index contributed by atoms with van der Waals surface area (Å²) >= 11 is 11.6. The zero-order valence-corrected chi connectivity index (χ0v) is 15.6. The maximum Gasteiger partial charge on any atom is 0.0704 e. The van der Waals surface area contributed by atoms with Crippen LogP contribution >= 0.6 is 65.8 Å². The first-order valence-electron chi connectivity index (χ1n) is 5.15. The molecule has 0 aliphatic rings. The van der Waals surface area contributed by atoms with E-state index in [0.29, 0.717) is 0 Å². The molecule has 1 aromatic heterocycles. The van der Waals surface area contributed by atoms with Gasteiger partial charge in [-0.1, -0.05) is 34.1 Å². The van der Waals surface area contributed by atoms with Crippen molar-refractivity contribution < 1.29 is 0 Å². The lowest BCUT2D eigenvalue weighted by Crippen LogP contribution is -1.97. The summed E-state index contributed by atoms with van der Waals surface area (Å²) in [4.78, 5) is 1.63. The highest BCUT2D eigenvalue weighted by atomic mass is 127. The first-order valence-corrected chi connectivity index (χ1v) is 8.76. The van der Waals surface area contributed by atoms with Crippen molar-refractivity contribution in [1.29, 1.82) is 0 Å². The molecule has 2 rings (SSSR count).